The zero-order valence-electron chi connectivity index (χ0n) is 26.7. The Kier molecular flexibility index (Phi) is 6.64. The molecule has 0 aliphatic rings. The average Bonchev–Trinajstić information content (AvgIpc) is 3.76. The molecule has 0 bridgehead atoms. The summed E-state index contributed by atoms with van der Waals surface area (Å²) in [6.45, 7) is 0. The lowest BCUT2D eigenvalue weighted by Gasteiger charge is -2.13. The molecule has 10 aromatic rings. The maximum atomic E-state index is 6.16. The van der Waals surface area contributed by atoms with Gasteiger partial charge in [-0.2, -0.15) is 0 Å². The lowest BCUT2D eigenvalue weighted by Crippen LogP contribution is -1.96. The average molecular weight is 658 g/mol. The van der Waals surface area contributed by atoms with Crippen LogP contribution in [0.15, 0.2) is 168 Å². The second-order valence-corrected chi connectivity index (χ2v) is 13.6. The Morgan fingerprint density at radius 3 is 1.94 bits per heavy atom. The summed E-state index contributed by atoms with van der Waals surface area (Å²) >= 11 is 1.82. The van der Waals surface area contributed by atoms with Crippen LogP contribution >= 0.6 is 11.3 Å². The number of hydrogen-bond donors (Lipinski definition) is 0. The number of rotatable bonds is 5. The van der Waals surface area contributed by atoms with Crippen LogP contribution in [-0.2, 0) is 0 Å². The maximum Gasteiger partial charge on any atom is 0.160 e. The second-order valence-electron chi connectivity index (χ2n) is 12.5. The zero-order valence-corrected chi connectivity index (χ0v) is 27.6. The minimum atomic E-state index is 0.689. The predicted octanol–water partition coefficient (Wildman–Crippen LogP) is 12.5. The number of thiophene rings is 1. The topological polar surface area (TPSA) is 51.8 Å². The summed E-state index contributed by atoms with van der Waals surface area (Å²) in [6, 6.07) is 53.0. The van der Waals surface area contributed by atoms with E-state index in [9.17, 15) is 0 Å². The molecule has 50 heavy (non-hydrogen) atoms. The van der Waals surface area contributed by atoms with Crippen LogP contribution in [-0.4, -0.2) is 15.0 Å². The van der Waals surface area contributed by atoms with Crippen LogP contribution < -0.4 is 0 Å². The van der Waals surface area contributed by atoms with Crippen molar-refractivity contribution in [3.05, 3.63) is 164 Å². The van der Waals surface area contributed by atoms with Crippen molar-refractivity contribution in [3.63, 3.8) is 0 Å². The number of benzene rings is 6. The largest absolute Gasteiger partial charge is 0.456 e. The summed E-state index contributed by atoms with van der Waals surface area (Å²) < 4.78 is 8.69. The van der Waals surface area contributed by atoms with E-state index in [0.717, 1.165) is 72.3 Å². The van der Waals surface area contributed by atoms with Crippen LogP contribution in [0.5, 0.6) is 0 Å². The Hall–Kier alpha value is -6.43. The van der Waals surface area contributed by atoms with Crippen LogP contribution in [0.2, 0.25) is 0 Å². The van der Waals surface area contributed by atoms with Gasteiger partial charge in [0.05, 0.1) is 11.4 Å². The van der Waals surface area contributed by atoms with Crippen molar-refractivity contribution in [2.45, 2.75) is 0 Å². The molecule has 0 aliphatic carbocycles. The molecule has 10 rings (SSSR count). The lowest BCUT2D eigenvalue weighted by atomic mass is 9.94. The molecule has 0 unspecified atom stereocenters. The molecule has 4 nitrogen and oxygen atoms in total. The van der Waals surface area contributed by atoms with Crippen LogP contribution in [0.1, 0.15) is 0 Å². The minimum Gasteiger partial charge on any atom is -0.456 e. The van der Waals surface area contributed by atoms with Gasteiger partial charge in [-0.25, -0.2) is 9.97 Å². The van der Waals surface area contributed by atoms with E-state index in [2.05, 4.69) is 120 Å². The summed E-state index contributed by atoms with van der Waals surface area (Å²) in [5.41, 5.74) is 10.8. The van der Waals surface area contributed by atoms with Crippen molar-refractivity contribution < 1.29 is 4.42 Å². The third kappa shape index (κ3) is 4.95. The molecule has 0 atom stereocenters. The number of hydrogen-bond acceptors (Lipinski definition) is 5. The van der Waals surface area contributed by atoms with Gasteiger partial charge in [0.2, 0.25) is 0 Å². The van der Waals surface area contributed by atoms with Gasteiger partial charge in [-0.1, -0.05) is 91.0 Å². The van der Waals surface area contributed by atoms with Crippen LogP contribution in [0.3, 0.4) is 0 Å². The van der Waals surface area contributed by atoms with Gasteiger partial charge in [-0.05, 0) is 77.4 Å². The number of aromatic nitrogens is 3. The molecule has 4 aromatic heterocycles. The maximum absolute atomic E-state index is 6.16. The number of nitrogens with zero attached hydrogens (tertiary/aromatic N) is 3. The lowest BCUT2D eigenvalue weighted by molar-refractivity contribution is 0.669. The molecule has 0 fully saturated rings. The van der Waals surface area contributed by atoms with Gasteiger partial charge in [-0.15, -0.1) is 11.3 Å². The molecule has 0 saturated carbocycles. The fourth-order valence-corrected chi connectivity index (χ4v) is 8.04. The van der Waals surface area contributed by atoms with E-state index >= 15 is 0 Å². The van der Waals surface area contributed by atoms with E-state index < -0.39 is 0 Å². The number of fused-ring (bicyclic) bond motifs is 6. The first-order chi connectivity index (χ1) is 24.7. The van der Waals surface area contributed by atoms with E-state index in [0.29, 0.717) is 5.82 Å². The zero-order chi connectivity index (χ0) is 33.0. The van der Waals surface area contributed by atoms with E-state index in [-0.39, 0.29) is 0 Å². The van der Waals surface area contributed by atoms with Gasteiger partial charge < -0.3 is 4.42 Å². The molecule has 0 radical (unpaired) electrons. The Bertz CT molecular complexity index is 2870. The first-order valence-corrected chi connectivity index (χ1v) is 17.4. The molecule has 5 heteroatoms. The first kappa shape index (κ1) is 28.6. The molecule has 4 heterocycles. The van der Waals surface area contributed by atoms with Crippen molar-refractivity contribution >= 4 is 53.4 Å². The third-order valence-corrected chi connectivity index (χ3v) is 10.5. The highest BCUT2D eigenvalue weighted by Crippen LogP contribution is 2.39. The quantitative estimate of drug-likeness (QED) is 0.185. The molecular weight excluding hydrogens is 631 g/mol. The summed E-state index contributed by atoms with van der Waals surface area (Å²) in [5, 5.41) is 4.76. The molecule has 0 N–H and O–H groups in total. The first-order valence-electron chi connectivity index (χ1n) is 16.6. The molecule has 0 spiro atoms. The summed E-state index contributed by atoms with van der Waals surface area (Å²) in [5.74, 6) is 0.689. The van der Waals surface area contributed by atoms with Crippen molar-refractivity contribution in [3.8, 4) is 56.2 Å². The van der Waals surface area contributed by atoms with Crippen LogP contribution in [0.25, 0.3) is 98.3 Å². The Morgan fingerprint density at radius 1 is 0.400 bits per heavy atom. The molecule has 0 amide bonds. The molecule has 6 aromatic carbocycles. The fraction of sp³-hybridized carbons (Fsp3) is 0. The monoisotopic (exact) mass is 657 g/mol. The second kappa shape index (κ2) is 11.6. The highest BCUT2D eigenvalue weighted by Gasteiger charge is 2.16. The van der Waals surface area contributed by atoms with Gasteiger partial charge in [0.25, 0.3) is 0 Å². The van der Waals surface area contributed by atoms with Crippen LogP contribution in [0, 0.1) is 0 Å². The third-order valence-electron chi connectivity index (χ3n) is 9.37. The number of para-hydroxylation sites is 1. The fourth-order valence-electron chi connectivity index (χ4n) is 6.89. The summed E-state index contributed by atoms with van der Waals surface area (Å²) in [7, 11) is 0. The van der Waals surface area contributed by atoms with Crippen molar-refractivity contribution in [1.29, 1.82) is 0 Å². The Balaban J connectivity index is 1.18. The van der Waals surface area contributed by atoms with Crippen LogP contribution in [0.4, 0.5) is 0 Å². The molecule has 0 saturated heterocycles. The van der Waals surface area contributed by atoms with Gasteiger partial charge in [0.15, 0.2) is 5.82 Å². The Morgan fingerprint density at radius 2 is 1.08 bits per heavy atom. The standard InChI is InChI=1S/C45H27N3OS/c1-2-9-28(10-3-1)45-47-39(30-16-18-37-36-13-5-7-15-43(36)50-44(37)25-30)26-40(48-45)34-22-32(21-33(23-34)31-11-8-20-46-27-31)29-17-19-42-38(24-29)35-12-4-6-14-41(35)49-42/h1-27H. The highest BCUT2D eigenvalue weighted by atomic mass is 32.1. The normalized spacial score (nSPS) is 11.6. The SMILES string of the molecule is c1ccc(-c2nc(-c3cc(-c4cccnc4)cc(-c4ccc5oc6ccccc6c5c4)c3)cc(-c3ccc4c(c3)sc3ccccc34)n2)cc1. The number of furan rings is 1. The van der Waals surface area contributed by atoms with Gasteiger partial charge >= 0.3 is 0 Å². The van der Waals surface area contributed by atoms with E-state index in [1.807, 2.05) is 60.1 Å². The van der Waals surface area contributed by atoms with Crippen molar-refractivity contribution in [1.82, 2.24) is 15.0 Å². The van der Waals surface area contributed by atoms with E-state index in [4.69, 9.17) is 14.4 Å². The minimum absolute atomic E-state index is 0.689. The predicted molar refractivity (Wildman–Crippen MR) is 207 cm³/mol. The number of pyridine rings is 1. The molecule has 234 valence electrons. The smallest absolute Gasteiger partial charge is 0.160 e. The Labute approximate surface area is 292 Å². The van der Waals surface area contributed by atoms with E-state index in [1.54, 1.807) is 0 Å². The van der Waals surface area contributed by atoms with Gasteiger partial charge in [-0.3, -0.25) is 4.98 Å². The molecular formula is C45H27N3OS. The summed E-state index contributed by atoms with van der Waals surface area (Å²) in [4.78, 5) is 14.8. The molecule has 0 aliphatic heterocycles. The van der Waals surface area contributed by atoms with Crippen molar-refractivity contribution in [2.75, 3.05) is 0 Å². The summed E-state index contributed by atoms with van der Waals surface area (Å²) in [6.07, 6.45) is 3.72. The van der Waals surface area contributed by atoms with Crippen molar-refractivity contribution in [2.24, 2.45) is 0 Å². The highest BCUT2D eigenvalue weighted by molar-refractivity contribution is 7.25. The van der Waals surface area contributed by atoms with Gasteiger partial charge in [0.1, 0.15) is 11.2 Å². The van der Waals surface area contributed by atoms with E-state index in [1.165, 1.54) is 20.2 Å². The van der Waals surface area contributed by atoms with Gasteiger partial charge in [0, 0.05) is 65.6 Å².